The molecule has 0 bridgehead atoms. The highest BCUT2D eigenvalue weighted by Crippen LogP contribution is 2.39. The van der Waals surface area contributed by atoms with Crippen LogP contribution in [0.3, 0.4) is 0 Å². The van der Waals surface area contributed by atoms with Crippen molar-refractivity contribution < 1.29 is 8.42 Å². The van der Waals surface area contributed by atoms with Gasteiger partial charge in [0, 0.05) is 36.1 Å². The summed E-state index contributed by atoms with van der Waals surface area (Å²) >= 11 is 6.56. The number of benzene rings is 1. The Bertz CT molecular complexity index is 1230. The standard InChI is InChI=1S/C24H30ClN3O2S.ClH/c1-5-7-18(8-6-2)27-12-11-17-15-28(24-23(17)22(27)13-16(3)26-24)21-10-9-19(14-20(21)25)31(4,29)30;/h9-10,13-15,18H,5-8,11-12H2,1-4H3;1H. The van der Waals surface area contributed by atoms with Gasteiger partial charge in [0.15, 0.2) is 9.84 Å². The molecular formula is C24H31Cl2N3O2S. The first-order valence-electron chi connectivity index (χ1n) is 11.0. The molecule has 0 unspecified atom stereocenters. The second-order valence-corrected chi connectivity index (χ2v) is 11.0. The van der Waals surface area contributed by atoms with Crippen molar-refractivity contribution in [3.05, 3.63) is 46.7 Å². The van der Waals surface area contributed by atoms with Crippen LogP contribution in [-0.4, -0.2) is 36.8 Å². The summed E-state index contributed by atoms with van der Waals surface area (Å²) in [7, 11) is -3.31. The van der Waals surface area contributed by atoms with Gasteiger partial charge in [-0.2, -0.15) is 0 Å². The number of pyridine rings is 1. The van der Waals surface area contributed by atoms with Crippen molar-refractivity contribution in [2.24, 2.45) is 0 Å². The molecular weight excluding hydrogens is 465 g/mol. The minimum atomic E-state index is -3.31. The molecule has 1 aromatic carbocycles. The molecule has 8 heteroatoms. The molecule has 0 spiro atoms. The van der Waals surface area contributed by atoms with Gasteiger partial charge >= 0.3 is 0 Å². The molecule has 2 aromatic heterocycles. The zero-order valence-electron chi connectivity index (χ0n) is 19.1. The second-order valence-electron chi connectivity index (χ2n) is 8.57. The first kappa shape index (κ1) is 24.9. The molecule has 4 rings (SSSR count). The Morgan fingerprint density at radius 2 is 1.81 bits per heavy atom. The Morgan fingerprint density at radius 3 is 2.41 bits per heavy atom. The van der Waals surface area contributed by atoms with Gasteiger partial charge in [-0.3, -0.25) is 4.57 Å². The lowest BCUT2D eigenvalue weighted by Crippen LogP contribution is -2.38. The van der Waals surface area contributed by atoms with E-state index in [-0.39, 0.29) is 17.3 Å². The molecule has 0 radical (unpaired) electrons. The van der Waals surface area contributed by atoms with Crippen LogP contribution in [0.5, 0.6) is 0 Å². The minimum absolute atomic E-state index is 0. The number of aryl methyl sites for hydroxylation is 1. The fraction of sp³-hybridized carbons (Fsp3) is 0.458. The van der Waals surface area contributed by atoms with E-state index < -0.39 is 9.84 Å². The molecule has 0 saturated heterocycles. The van der Waals surface area contributed by atoms with Crippen molar-refractivity contribution >= 4 is 50.6 Å². The Hall–Kier alpha value is -1.76. The summed E-state index contributed by atoms with van der Waals surface area (Å²) in [6, 6.07) is 7.66. The predicted octanol–water partition coefficient (Wildman–Crippen LogP) is 6.14. The van der Waals surface area contributed by atoms with Crippen molar-refractivity contribution in [1.29, 1.82) is 0 Å². The van der Waals surface area contributed by atoms with Gasteiger partial charge in [0.1, 0.15) is 5.65 Å². The summed E-state index contributed by atoms with van der Waals surface area (Å²) in [5.41, 5.74) is 5.13. The molecule has 32 heavy (non-hydrogen) atoms. The second kappa shape index (κ2) is 9.62. The van der Waals surface area contributed by atoms with Gasteiger partial charge in [-0.15, -0.1) is 12.4 Å². The van der Waals surface area contributed by atoms with E-state index in [2.05, 4.69) is 31.0 Å². The first-order chi connectivity index (χ1) is 14.7. The van der Waals surface area contributed by atoms with Gasteiger partial charge in [0.2, 0.25) is 0 Å². The lowest BCUT2D eigenvalue weighted by Gasteiger charge is -2.37. The third kappa shape index (κ3) is 4.50. The van der Waals surface area contributed by atoms with Crippen LogP contribution in [0, 0.1) is 6.92 Å². The van der Waals surface area contributed by atoms with Crippen LogP contribution in [0.1, 0.15) is 50.8 Å². The number of hydrogen-bond donors (Lipinski definition) is 0. The summed E-state index contributed by atoms with van der Waals surface area (Å²) < 4.78 is 25.9. The van der Waals surface area contributed by atoms with E-state index in [4.69, 9.17) is 16.6 Å². The average Bonchev–Trinajstić information content (AvgIpc) is 3.06. The van der Waals surface area contributed by atoms with Crippen LogP contribution in [-0.2, 0) is 16.3 Å². The van der Waals surface area contributed by atoms with Crippen molar-refractivity contribution in [2.75, 3.05) is 17.7 Å². The van der Waals surface area contributed by atoms with Crippen molar-refractivity contribution in [1.82, 2.24) is 9.55 Å². The van der Waals surface area contributed by atoms with Gasteiger partial charge in [0.05, 0.1) is 21.3 Å². The maximum Gasteiger partial charge on any atom is 0.175 e. The van der Waals surface area contributed by atoms with Gasteiger partial charge in [-0.25, -0.2) is 13.4 Å². The maximum atomic E-state index is 11.9. The van der Waals surface area contributed by atoms with Crippen molar-refractivity contribution in [3.8, 4) is 5.69 Å². The molecule has 5 nitrogen and oxygen atoms in total. The van der Waals surface area contributed by atoms with E-state index in [0.29, 0.717) is 11.1 Å². The van der Waals surface area contributed by atoms with Crippen molar-refractivity contribution in [3.63, 3.8) is 0 Å². The quantitative estimate of drug-likeness (QED) is 0.394. The summed E-state index contributed by atoms with van der Waals surface area (Å²) in [5.74, 6) is 0. The minimum Gasteiger partial charge on any atom is -0.368 e. The van der Waals surface area contributed by atoms with Crippen LogP contribution < -0.4 is 4.90 Å². The molecule has 3 aromatic rings. The van der Waals surface area contributed by atoms with E-state index in [9.17, 15) is 8.42 Å². The van der Waals surface area contributed by atoms with E-state index in [1.54, 1.807) is 12.1 Å². The smallest absolute Gasteiger partial charge is 0.175 e. The molecule has 0 saturated carbocycles. The normalized spacial score (nSPS) is 13.6. The number of hydrogen-bond acceptors (Lipinski definition) is 4. The van der Waals surface area contributed by atoms with E-state index >= 15 is 0 Å². The zero-order valence-corrected chi connectivity index (χ0v) is 21.4. The van der Waals surface area contributed by atoms with Gasteiger partial charge in [0.25, 0.3) is 0 Å². The number of nitrogens with zero attached hydrogens (tertiary/aromatic N) is 3. The molecule has 1 aliphatic heterocycles. The highest BCUT2D eigenvalue weighted by Gasteiger charge is 2.28. The van der Waals surface area contributed by atoms with Crippen LogP contribution in [0.2, 0.25) is 5.02 Å². The molecule has 0 amide bonds. The van der Waals surface area contributed by atoms with Gasteiger partial charge < -0.3 is 4.90 Å². The Balaban J connectivity index is 0.00000289. The fourth-order valence-electron chi connectivity index (χ4n) is 4.78. The largest absolute Gasteiger partial charge is 0.368 e. The van der Waals surface area contributed by atoms with Crippen LogP contribution in [0.4, 0.5) is 5.69 Å². The first-order valence-corrected chi connectivity index (χ1v) is 13.3. The monoisotopic (exact) mass is 495 g/mol. The SMILES string of the molecule is CCCC(CCC)N1CCc2cn(-c3ccc(S(C)(=O)=O)cc3Cl)c3nc(C)cc1c23.Cl. The molecule has 0 fully saturated rings. The molecule has 0 N–H and O–H groups in total. The molecule has 0 atom stereocenters. The lowest BCUT2D eigenvalue weighted by atomic mass is 9.98. The van der Waals surface area contributed by atoms with Gasteiger partial charge in [-0.05, 0) is 56.0 Å². The fourth-order valence-corrected chi connectivity index (χ4v) is 5.76. The average molecular weight is 497 g/mol. The van der Waals surface area contributed by atoms with Crippen LogP contribution >= 0.6 is 24.0 Å². The Kier molecular flexibility index (Phi) is 7.48. The summed E-state index contributed by atoms with van der Waals surface area (Å²) in [5, 5.41) is 1.60. The summed E-state index contributed by atoms with van der Waals surface area (Å²) in [4.78, 5) is 7.67. The Morgan fingerprint density at radius 1 is 1.12 bits per heavy atom. The maximum absolute atomic E-state index is 11.9. The number of sulfone groups is 1. The predicted molar refractivity (Wildman–Crippen MR) is 136 cm³/mol. The molecule has 1 aliphatic rings. The number of aromatic nitrogens is 2. The topological polar surface area (TPSA) is 55.2 Å². The zero-order chi connectivity index (χ0) is 22.3. The third-order valence-corrected chi connectivity index (χ3v) is 7.58. The van der Waals surface area contributed by atoms with Crippen LogP contribution in [0.25, 0.3) is 16.7 Å². The third-order valence-electron chi connectivity index (χ3n) is 6.16. The van der Waals surface area contributed by atoms with Gasteiger partial charge in [-0.1, -0.05) is 38.3 Å². The molecule has 0 aliphatic carbocycles. The molecule has 174 valence electrons. The number of anilines is 1. The van der Waals surface area contributed by atoms with Crippen LogP contribution in [0.15, 0.2) is 35.4 Å². The van der Waals surface area contributed by atoms with Crippen molar-refractivity contribution in [2.45, 2.75) is 63.8 Å². The lowest BCUT2D eigenvalue weighted by molar-refractivity contribution is 0.502. The van der Waals surface area contributed by atoms with E-state index in [1.165, 1.54) is 54.6 Å². The summed E-state index contributed by atoms with van der Waals surface area (Å²) in [6.07, 6.45) is 8.99. The highest BCUT2D eigenvalue weighted by molar-refractivity contribution is 7.90. The number of rotatable bonds is 7. The Labute approximate surface area is 202 Å². The summed E-state index contributed by atoms with van der Waals surface area (Å²) in [6.45, 7) is 7.54. The molecule has 3 heterocycles. The van der Waals surface area contributed by atoms with E-state index in [1.807, 2.05) is 11.5 Å². The van der Waals surface area contributed by atoms with E-state index in [0.717, 1.165) is 30.0 Å². The highest BCUT2D eigenvalue weighted by atomic mass is 35.5. The number of halogens is 2.